The molecule has 1 aromatic heterocycles. The van der Waals surface area contributed by atoms with Gasteiger partial charge in [0, 0.05) is 6.04 Å². The number of carbonyl (C=O) groups excluding carboxylic acids is 1. The van der Waals surface area contributed by atoms with E-state index >= 15 is 0 Å². The minimum Gasteiger partial charge on any atom is -0.464 e. The van der Waals surface area contributed by atoms with E-state index in [4.69, 9.17) is 4.42 Å². The first-order valence-corrected chi connectivity index (χ1v) is 8.76. The van der Waals surface area contributed by atoms with Gasteiger partial charge in [0.05, 0.1) is 19.9 Å². The Kier molecular flexibility index (Phi) is 5.00. The lowest BCUT2D eigenvalue weighted by Crippen LogP contribution is -2.40. The minimum atomic E-state index is -3.36. The molecule has 2 rings (SSSR count). The van der Waals surface area contributed by atoms with E-state index < -0.39 is 16.0 Å². The van der Waals surface area contributed by atoms with Gasteiger partial charge in [-0.1, -0.05) is 19.3 Å². The van der Waals surface area contributed by atoms with Crippen molar-refractivity contribution in [2.45, 2.75) is 44.7 Å². The number of hydrogen-bond donors (Lipinski definition) is 0. The van der Waals surface area contributed by atoms with Crippen molar-refractivity contribution in [2.75, 3.05) is 13.4 Å². The maximum absolute atomic E-state index is 12.0. The zero-order chi connectivity index (χ0) is 15.5. The Hall–Kier alpha value is -1.41. The quantitative estimate of drug-likeness (QED) is 0.766. The van der Waals surface area contributed by atoms with Crippen LogP contribution in [0.25, 0.3) is 0 Å². The first kappa shape index (κ1) is 16.0. The lowest BCUT2D eigenvalue weighted by molar-refractivity contribution is 0.0594. The first-order valence-electron chi connectivity index (χ1n) is 6.91. The summed E-state index contributed by atoms with van der Waals surface area (Å²) in [4.78, 5) is 15.3. The molecule has 0 radical (unpaired) electrons. The summed E-state index contributed by atoms with van der Waals surface area (Å²) in [5.41, 5.74) is 0.0459. The van der Waals surface area contributed by atoms with E-state index in [2.05, 4.69) is 9.72 Å². The molecule has 0 aliphatic heterocycles. The van der Waals surface area contributed by atoms with Crippen molar-refractivity contribution in [2.24, 2.45) is 0 Å². The van der Waals surface area contributed by atoms with Crippen molar-refractivity contribution in [1.29, 1.82) is 0 Å². The lowest BCUT2D eigenvalue weighted by atomic mass is 9.95. The molecule has 0 atom stereocenters. The Morgan fingerprint density at radius 1 is 1.43 bits per heavy atom. The molecule has 8 heteroatoms. The number of carbonyl (C=O) groups is 1. The Morgan fingerprint density at radius 2 is 2.10 bits per heavy atom. The number of ether oxygens (including phenoxy) is 1. The third-order valence-electron chi connectivity index (χ3n) is 3.65. The summed E-state index contributed by atoms with van der Waals surface area (Å²) in [6.07, 6.45) is 7.24. The molecule has 0 N–H and O–H groups in total. The van der Waals surface area contributed by atoms with Crippen LogP contribution in [0.4, 0.5) is 0 Å². The number of rotatable bonds is 5. The average Bonchev–Trinajstić information content (AvgIpc) is 2.92. The molecule has 118 valence electrons. The van der Waals surface area contributed by atoms with Crippen LogP contribution < -0.4 is 0 Å². The van der Waals surface area contributed by atoms with Gasteiger partial charge in [-0.15, -0.1) is 0 Å². The summed E-state index contributed by atoms with van der Waals surface area (Å²) in [5, 5.41) is 0. The molecule has 1 heterocycles. The van der Waals surface area contributed by atoms with Crippen LogP contribution in [0.2, 0.25) is 0 Å². The molecule has 0 aromatic carbocycles. The highest BCUT2D eigenvalue weighted by Gasteiger charge is 2.29. The standard InChI is InChI=1S/C13H20N2O5S/c1-19-13(16)11-9-20-12(14-11)8-15(21(2,17)18)10-6-4-3-5-7-10/h9-10H,3-8H2,1-2H3. The fourth-order valence-corrected chi connectivity index (χ4v) is 3.70. The predicted octanol–water partition coefficient (Wildman–Crippen LogP) is 1.56. The molecule has 1 aromatic rings. The third-order valence-corrected chi connectivity index (χ3v) is 4.92. The number of esters is 1. The van der Waals surface area contributed by atoms with Gasteiger partial charge in [-0.05, 0) is 12.8 Å². The van der Waals surface area contributed by atoms with Crippen molar-refractivity contribution < 1.29 is 22.4 Å². The van der Waals surface area contributed by atoms with Gasteiger partial charge >= 0.3 is 5.97 Å². The van der Waals surface area contributed by atoms with Gasteiger partial charge in [-0.25, -0.2) is 18.2 Å². The van der Waals surface area contributed by atoms with E-state index in [1.165, 1.54) is 23.9 Å². The van der Waals surface area contributed by atoms with Gasteiger partial charge in [0.1, 0.15) is 6.26 Å². The van der Waals surface area contributed by atoms with Crippen LogP contribution in [0.3, 0.4) is 0 Å². The average molecular weight is 316 g/mol. The monoisotopic (exact) mass is 316 g/mol. The zero-order valence-corrected chi connectivity index (χ0v) is 13.1. The van der Waals surface area contributed by atoms with E-state index in [0.29, 0.717) is 0 Å². The molecule has 1 fully saturated rings. The number of hydrogen-bond acceptors (Lipinski definition) is 6. The summed E-state index contributed by atoms with van der Waals surface area (Å²) in [5.74, 6) is -0.403. The summed E-state index contributed by atoms with van der Waals surface area (Å²) in [6, 6.07) is -0.0257. The fourth-order valence-electron chi connectivity index (χ4n) is 2.60. The Balaban J connectivity index is 2.15. The molecular weight excluding hydrogens is 296 g/mol. The van der Waals surface area contributed by atoms with Crippen molar-refractivity contribution >= 4 is 16.0 Å². The van der Waals surface area contributed by atoms with Gasteiger partial charge < -0.3 is 9.15 Å². The van der Waals surface area contributed by atoms with Crippen LogP contribution >= 0.6 is 0 Å². The summed E-state index contributed by atoms with van der Waals surface area (Å²) >= 11 is 0. The largest absolute Gasteiger partial charge is 0.464 e. The summed E-state index contributed by atoms with van der Waals surface area (Å²) < 4.78 is 35.1. The second-order valence-corrected chi connectivity index (χ2v) is 7.15. The maximum atomic E-state index is 12.0. The van der Waals surface area contributed by atoms with Crippen molar-refractivity contribution in [1.82, 2.24) is 9.29 Å². The molecule has 0 bridgehead atoms. The molecule has 0 unspecified atom stereocenters. The second kappa shape index (κ2) is 6.57. The van der Waals surface area contributed by atoms with E-state index in [9.17, 15) is 13.2 Å². The molecule has 1 aliphatic carbocycles. The molecule has 21 heavy (non-hydrogen) atoms. The molecule has 1 saturated carbocycles. The van der Waals surface area contributed by atoms with E-state index in [-0.39, 0.29) is 24.2 Å². The Bertz CT molecular complexity index is 589. The van der Waals surface area contributed by atoms with Crippen LogP contribution in [-0.2, 0) is 21.3 Å². The minimum absolute atomic E-state index is 0.0257. The van der Waals surface area contributed by atoms with Crippen LogP contribution in [0.1, 0.15) is 48.5 Å². The van der Waals surface area contributed by atoms with Gasteiger partial charge in [0.15, 0.2) is 5.69 Å². The molecular formula is C13H20N2O5S. The highest BCUT2D eigenvalue weighted by molar-refractivity contribution is 7.88. The molecule has 0 saturated heterocycles. The van der Waals surface area contributed by atoms with Gasteiger partial charge in [-0.2, -0.15) is 4.31 Å². The fraction of sp³-hybridized carbons (Fsp3) is 0.692. The number of sulfonamides is 1. The van der Waals surface area contributed by atoms with Crippen LogP contribution in [0, 0.1) is 0 Å². The lowest BCUT2D eigenvalue weighted by Gasteiger charge is -2.31. The SMILES string of the molecule is COC(=O)c1coc(CN(C2CCCCC2)S(C)(=O)=O)n1. The molecule has 7 nitrogen and oxygen atoms in total. The van der Waals surface area contributed by atoms with Gasteiger partial charge in [0.25, 0.3) is 0 Å². The normalized spacial score (nSPS) is 17.1. The van der Waals surface area contributed by atoms with E-state index in [0.717, 1.165) is 32.1 Å². The number of aromatic nitrogens is 1. The van der Waals surface area contributed by atoms with Crippen LogP contribution in [0.15, 0.2) is 10.7 Å². The van der Waals surface area contributed by atoms with Gasteiger partial charge in [0.2, 0.25) is 15.9 Å². The number of methoxy groups -OCH3 is 1. The summed E-state index contributed by atoms with van der Waals surface area (Å²) in [7, 11) is -2.11. The Labute approximate surface area is 124 Å². The highest BCUT2D eigenvalue weighted by atomic mass is 32.2. The predicted molar refractivity (Wildman–Crippen MR) is 75.1 cm³/mol. The summed E-state index contributed by atoms with van der Waals surface area (Å²) in [6.45, 7) is 0.0422. The highest BCUT2D eigenvalue weighted by Crippen LogP contribution is 2.25. The van der Waals surface area contributed by atoms with Gasteiger partial charge in [-0.3, -0.25) is 0 Å². The second-order valence-electron chi connectivity index (χ2n) is 5.22. The van der Waals surface area contributed by atoms with Crippen molar-refractivity contribution in [3.63, 3.8) is 0 Å². The smallest absolute Gasteiger partial charge is 0.360 e. The van der Waals surface area contributed by atoms with Crippen LogP contribution in [0.5, 0.6) is 0 Å². The molecule has 0 spiro atoms. The molecule has 0 amide bonds. The topological polar surface area (TPSA) is 89.7 Å². The van der Waals surface area contributed by atoms with Crippen LogP contribution in [-0.4, -0.2) is 43.1 Å². The van der Waals surface area contributed by atoms with E-state index in [1.807, 2.05) is 0 Å². The number of oxazole rings is 1. The first-order chi connectivity index (χ1) is 9.91. The van der Waals surface area contributed by atoms with Crippen molar-refractivity contribution in [3.8, 4) is 0 Å². The number of nitrogens with zero attached hydrogens (tertiary/aromatic N) is 2. The zero-order valence-electron chi connectivity index (χ0n) is 12.2. The van der Waals surface area contributed by atoms with E-state index in [1.54, 1.807) is 0 Å². The maximum Gasteiger partial charge on any atom is 0.360 e. The molecule has 1 aliphatic rings. The van der Waals surface area contributed by atoms with Crippen molar-refractivity contribution in [3.05, 3.63) is 17.8 Å². The Morgan fingerprint density at radius 3 is 2.67 bits per heavy atom. The third kappa shape index (κ3) is 4.04.